The highest BCUT2D eigenvalue weighted by Crippen LogP contribution is 2.33. The van der Waals surface area contributed by atoms with Crippen LogP contribution in [-0.2, 0) is 29.0 Å². The first-order valence-corrected chi connectivity index (χ1v) is 11.5. The minimum Gasteiger partial charge on any atom is -0.484 e. The maximum atomic E-state index is 11.8. The van der Waals surface area contributed by atoms with Crippen molar-refractivity contribution in [1.29, 1.82) is 0 Å². The number of hydrogen-bond donors (Lipinski definition) is 2. The van der Waals surface area contributed by atoms with Crippen LogP contribution in [0, 0.1) is 0 Å². The Bertz CT molecular complexity index is 1000. The van der Waals surface area contributed by atoms with Gasteiger partial charge < -0.3 is 29.5 Å². The van der Waals surface area contributed by atoms with Gasteiger partial charge in [-0.15, -0.1) is 0 Å². The number of nitrogens with zero attached hydrogens (tertiary/aromatic N) is 1. The van der Waals surface area contributed by atoms with Crippen LogP contribution in [0.25, 0.3) is 0 Å². The molecule has 0 bridgehead atoms. The molecule has 2 aromatic rings. The van der Waals surface area contributed by atoms with Crippen LogP contribution in [0.3, 0.4) is 0 Å². The van der Waals surface area contributed by atoms with E-state index in [1.54, 1.807) is 14.1 Å². The first kappa shape index (κ1) is 23.5. The molecule has 0 unspecified atom stereocenters. The lowest BCUT2D eigenvalue weighted by atomic mass is 9.88. The molecule has 2 atom stereocenters. The third kappa shape index (κ3) is 5.85. The second-order valence-electron chi connectivity index (χ2n) is 9.53. The summed E-state index contributed by atoms with van der Waals surface area (Å²) in [6.07, 6.45) is 2.24. The van der Waals surface area contributed by atoms with Crippen molar-refractivity contribution in [3.05, 3.63) is 58.7 Å². The van der Waals surface area contributed by atoms with E-state index < -0.39 is 11.9 Å². The highest BCUT2D eigenvalue weighted by Gasteiger charge is 2.28. The molecule has 7 nitrogen and oxygen atoms in total. The van der Waals surface area contributed by atoms with Crippen LogP contribution in [0.1, 0.15) is 48.6 Å². The zero-order chi connectivity index (χ0) is 23.6. The SMILES string of the molecule is CN(C)C(=O)COc1ccc2c(c1)C[C@@H](NC[C@H](O)c1ccc3c(c1)COC(C)(C)O3)CC2. The van der Waals surface area contributed by atoms with Gasteiger partial charge in [0.1, 0.15) is 11.5 Å². The fourth-order valence-corrected chi connectivity index (χ4v) is 4.23. The topological polar surface area (TPSA) is 80.3 Å². The summed E-state index contributed by atoms with van der Waals surface area (Å²) in [4.78, 5) is 13.3. The third-order valence-corrected chi connectivity index (χ3v) is 6.27. The number of aliphatic hydroxyl groups is 1. The standard InChI is InChI=1S/C26H34N2O5/c1-26(2)32-15-20-11-18(7-10-24(20)33-26)23(29)14-27-21-8-5-17-6-9-22(13-19(17)12-21)31-16-25(30)28(3)4/h6-7,9-11,13,21,23,27,29H,5,8,12,14-16H2,1-4H3/t21-,23-/m0/s1. The summed E-state index contributed by atoms with van der Waals surface area (Å²) in [6, 6.07) is 12.1. The molecule has 2 aromatic carbocycles. The van der Waals surface area contributed by atoms with Crippen LogP contribution < -0.4 is 14.8 Å². The van der Waals surface area contributed by atoms with E-state index in [-0.39, 0.29) is 18.6 Å². The Morgan fingerprint density at radius 3 is 2.82 bits per heavy atom. The molecule has 0 saturated carbocycles. The summed E-state index contributed by atoms with van der Waals surface area (Å²) >= 11 is 0. The highest BCUT2D eigenvalue weighted by atomic mass is 16.7. The number of aliphatic hydroxyl groups excluding tert-OH is 1. The average Bonchev–Trinajstić information content (AvgIpc) is 2.79. The monoisotopic (exact) mass is 454 g/mol. The first-order chi connectivity index (χ1) is 15.7. The van der Waals surface area contributed by atoms with Crippen LogP contribution in [-0.4, -0.2) is 55.0 Å². The van der Waals surface area contributed by atoms with Crippen LogP contribution in [0.15, 0.2) is 36.4 Å². The first-order valence-electron chi connectivity index (χ1n) is 11.5. The highest BCUT2D eigenvalue weighted by molar-refractivity contribution is 5.77. The number of carbonyl (C=O) groups is 1. The van der Waals surface area contributed by atoms with E-state index in [0.717, 1.165) is 36.1 Å². The van der Waals surface area contributed by atoms with Gasteiger partial charge in [-0.05, 0) is 60.2 Å². The number of fused-ring (bicyclic) bond motifs is 2. The fourth-order valence-electron chi connectivity index (χ4n) is 4.23. The minimum absolute atomic E-state index is 0.0357. The maximum absolute atomic E-state index is 11.8. The summed E-state index contributed by atoms with van der Waals surface area (Å²) in [7, 11) is 3.44. The van der Waals surface area contributed by atoms with Crippen molar-refractivity contribution < 1.29 is 24.1 Å². The zero-order valence-corrected chi connectivity index (χ0v) is 19.9. The van der Waals surface area contributed by atoms with Gasteiger partial charge in [0.05, 0.1) is 12.7 Å². The molecule has 1 heterocycles. The molecule has 4 rings (SSSR count). The maximum Gasteiger partial charge on any atom is 0.259 e. The zero-order valence-electron chi connectivity index (χ0n) is 19.9. The molecule has 1 aliphatic heterocycles. The third-order valence-electron chi connectivity index (χ3n) is 6.27. The largest absolute Gasteiger partial charge is 0.484 e. The molecule has 0 aromatic heterocycles. The summed E-state index contributed by atoms with van der Waals surface area (Å²) < 4.78 is 17.2. The number of aryl methyl sites for hydroxylation is 1. The van der Waals surface area contributed by atoms with Gasteiger partial charge in [0.25, 0.3) is 5.91 Å². The van der Waals surface area contributed by atoms with Crippen molar-refractivity contribution in [2.75, 3.05) is 27.2 Å². The lowest BCUT2D eigenvalue weighted by Crippen LogP contribution is -2.37. The molecule has 1 aliphatic carbocycles. The van der Waals surface area contributed by atoms with Gasteiger partial charge in [0.15, 0.2) is 6.61 Å². The van der Waals surface area contributed by atoms with Crippen LogP contribution in [0.4, 0.5) is 0 Å². The number of rotatable bonds is 7. The Labute approximate surface area is 195 Å². The number of nitrogens with one attached hydrogen (secondary N) is 1. The number of benzene rings is 2. The number of carbonyl (C=O) groups excluding carboxylic acids is 1. The van der Waals surface area contributed by atoms with Crippen LogP contribution >= 0.6 is 0 Å². The lowest BCUT2D eigenvalue weighted by molar-refractivity contribution is -0.180. The van der Waals surface area contributed by atoms with E-state index >= 15 is 0 Å². The number of amides is 1. The van der Waals surface area contributed by atoms with Gasteiger partial charge in [-0.2, -0.15) is 0 Å². The Hall–Kier alpha value is -2.61. The molecule has 0 saturated heterocycles. The molecule has 0 fully saturated rings. The molecular formula is C26H34N2O5. The Balaban J connectivity index is 1.32. The van der Waals surface area contributed by atoms with E-state index in [4.69, 9.17) is 14.2 Å². The molecule has 33 heavy (non-hydrogen) atoms. The van der Waals surface area contributed by atoms with Gasteiger partial charge in [0, 0.05) is 46.1 Å². The van der Waals surface area contributed by atoms with Crippen molar-refractivity contribution in [2.24, 2.45) is 0 Å². The number of likely N-dealkylation sites (N-methyl/N-ethyl adjacent to an activating group) is 1. The second kappa shape index (κ2) is 9.71. The van der Waals surface area contributed by atoms with E-state index in [9.17, 15) is 9.90 Å². The van der Waals surface area contributed by atoms with Crippen molar-refractivity contribution >= 4 is 5.91 Å². The predicted molar refractivity (Wildman–Crippen MR) is 125 cm³/mol. The van der Waals surface area contributed by atoms with Gasteiger partial charge >= 0.3 is 0 Å². The summed E-state index contributed by atoms with van der Waals surface area (Å²) in [5, 5.41) is 14.3. The predicted octanol–water partition coefficient (Wildman–Crippen LogP) is 2.98. The van der Waals surface area contributed by atoms with Gasteiger partial charge in [-0.3, -0.25) is 4.79 Å². The van der Waals surface area contributed by atoms with Crippen molar-refractivity contribution in [3.63, 3.8) is 0 Å². The number of hydrogen-bond acceptors (Lipinski definition) is 6. The molecule has 7 heteroatoms. The van der Waals surface area contributed by atoms with Gasteiger partial charge in [-0.1, -0.05) is 12.1 Å². The molecule has 0 radical (unpaired) electrons. The second-order valence-corrected chi connectivity index (χ2v) is 9.53. The van der Waals surface area contributed by atoms with Crippen molar-refractivity contribution in [1.82, 2.24) is 10.2 Å². The Morgan fingerprint density at radius 2 is 2.03 bits per heavy atom. The van der Waals surface area contributed by atoms with Crippen molar-refractivity contribution in [3.8, 4) is 11.5 Å². The molecule has 178 valence electrons. The van der Waals surface area contributed by atoms with E-state index in [2.05, 4.69) is 11.4 Å². The fraction of sp³-hybridized carbons (Fsp3) is 0.500. The van der Waals surface area contributed by atoms with E-state index in [1.807, 2.05) is 44.2 Å². The Morgan fingerprint density at radius 1 is 1.21 bits per heavy atom. The lowest BCUT2D eigenvalue weighted by Gasteiger charge is -2.33. The molecule has 1 amide bonds. The summed E-state index contributed by atoms with van der Waals surface area (Å²) in [5.41, 5.74) is 4.36. The van der Waals surface area contributed by atoms with Gasteiger partial charge in [-0.25, -0.2) is 0 Å². The smallest absolute Gasteiger partial charge is 0.259 e. The quantitative estimate of drug-likeness (QED) is 0.670. The molecular weight excluding hydrogens is 420 g/mol. The van der Waals surface area contributed by atoms with Gasteiger partial charge in [0.2, 0.25) is 5.79 Å². The Kier molecular flexibility index (Phi) is 6.93. The minimum atomic E-state index is -0.626. The van der Waals surface area contributed by atoms with Crippen LogP contribution in [0.2, 0.25) is 0 Å². The molecule has 0 spiro atoms. The molecule has 2 N–H and O–H groups in total. The number of ether oxygens (including phenoxy) is 3. The van der Waals surface area contributed by atoms with Crippen LogP contribution in [0.5, 0.6) is 11.5 Å². The van der Waals surface area contributed by atoms with E-state index in [1.165, 1.54) is 16.0 Å². The summed E-state index contributed by atoms with van der Waals surface area (Å²) in [5.74, 6) is 0.833. The normalized spacial score (nSPS) is 19.6. The van der Waals surface area contributed by atoms with Crippen molar-refractivity contribution in [2.45, 2.75) is 57.6 Å². The average molecular weight is 455 g/mol. The van der Waals surface area contributed by atoms with E-state index in [0.29, 0.717) is 18.9 Å². The summed E-state index contributed by atoms with van der Waals surface area (Å²) in [6.45, 7) is 4.76. The molecule has 2 aliphatic rings.